The van der Waals surface area contributed by atoms with Gasteiger partial charge in [-0.25, -0.2) is 4.98 Å². The molecule has 0 radical (unpaired) electrons. The van der Waals surface area contributed by atoms with Gasteiger partial charge in [-0.3, -0.25) is 4.98 Å². The lowest BCUT2D eigenvalue weighted by atomic mass is 9.95. The van der Waals surface area contributed by atoms with E-state index in [4.69, 9.17) is 11.6 Å². The molecule has 1 aromatic heterocycles. The number of hydrogen-bond acceptors (Lipinski definition) is 3. The van der Waals surface area contributed by atoms with E-state index in [1.807, 2.05) is 13.8 Å². The van der Waals surface area contributed by atoms with E-state index >= 15 is 0 Å². The van der Waals surface area contributed by atoms with Gasteiger partial charge in [0.2, 0.25) is 0 Å². The first-order chi connectivity index (χ1) is 7.56. The summed E-state index contributed by atoms with van der Waals surface area (Å²) < 4.78 is 0. The Kier molecular flexibility index (Phi) is 4.54. The number of nitrogens with one attached hydrogen (secondary N) is 1. The minimum atomic E-state index is -0.0746. The molecule has 0 amide bonds. The average molecular weight is 242 g/mol. The number of rotatable bonds is 5. The fourth-order valence-electron chi connectivity index (χ4n) is 1.56. The van der Waals surface area contributed by atoms with Gasteiger partial charge in [-0.05, 0) is 26.7 Å². The Morgan fingerprint density at radius 3 is 2.44 bits per heavy atom. The summed E-state index contributed by atoms with van der Waals surface area (Å²) in [5.41, 5.74) is 1.76. The van der Waals surface area contributed by atoms with Crippen molar-refractivity contribution >= 4 is 17.4 Å². The van der Waals surface area contributed by atoms with Gasteiger partial charge in [0.15, 0.2) is 0 Å². The van der Waals surface area contributed by atoms with E-state index in [0.717, 1.165) is 30.0 Å². The molecule has 0 saturated carbocycles. The lowest BCUT2D eigenvalue weighted by Gasteiger charge is -2.31. The summed E-state index contributed by atoms with van der Waals surface area (Å²) in [4.78, 5) is 8.77. The van der Waals surface area contributed by atoms with Gasteiger partial charge in [-0.1, -0.05) is 13.8 Å². The molecule has 0 aliphatic heterocycles. The molecular weight excluding hydrogens is 222 g/mol. The third-order valence-corrected chi connectivity index (χ3v) is 3.58. The number of alkyl halides is 1. The monoisotopic (exact) mass is 241 g/mol. The van der Waals surface area contributed by atoms with Crippen molar-refractivity contribution in [3.05, 3.63) is 17.6 Å². The number of nitrogens with zero attached hydrogens (tertiary/aromatic N) is 2. The average Bonchev–Trinajstić information content (AvgIpc) is 2.31. The number of hydrogen-bond donors (Lipinski definition) is 1. The van der Waals surface area contributed by atoms with Crippen LogP contribution in [0.15, 0.2) is 6.20 Å². The second-order valence-corrected chi connectivity index (χ2v) is 4.46. The second kappa shape index (κ2) is 5.48. The second-order valence-electron chi connectivity index (χ2n) is 4.19. The molecule has 0 atom stereocenters. The van der Waals surface area contributed by atoms with Gasteiger partial charge in [0.1, 0.15) is 5.82 Å². The van der Waals surface area contributed by atoms with Crippen molar-refractivity contribution in [1.82, 2.24) is 9.97 Å². The van der Waals surface area contributed by atoms with Gasteiger partial charge in [0.25, 0.3) is 0 Å². The van der Waals surface area contributed by atoms with Gasteiger partial charge >= 0.3 is 0 Å². The highest BCUT2D eigenvalue weighted by Gasteiger charge is 2.25. The van der Waals surface area contributed by atoms with Crippen molar-refractivity contribution in [3.8, 4) is 0 Å². The molecule has 0 aromatic carbocycles. The maximum absolute atomic E-state index is 6.06. The van der Waals surface area contributed by atoms with Crippen molar-refractivity contribution in [1.29, 1.82) is 0 Å². The fourth-order valence-corrected chi connectivity index (χ4v) is 2.00. The van der Waals surface area contributed by atoms with Gasteiger partial charge in [0, 0.05) is 12.1 Å². The van der Waals surface area contributed by atoms with Crippen molar-refractivity contribution in [2.75, 3.05) is 11.2 Å². The normalized spacial score (nSPS) is 11.6. The summed E-state index contributed by atoms with van der Waals surface area (Å²) in [6.07, 6.45) is 3.73. The molecule has 0 spiro atoms. The van der Waals surface area contributed by atoms with Crippen LogP contribution < -0.4 is 5.32 Å². The molecule has 90 valence electrons. The van der Waals surface area contributed by atoms with Gasteiger partial charge in [-0.2, -0.15) is 0 Å². The first-order valence-electron chi connectivity index (χ1n) is 5.71. The number of aromatic nitrogens is 2. The third-order valence-electron chi connectivity index (χ3n) is 3.07. The highest BCUT2D eigenvalue weighted by Crippen LogP contribution is 2.23. The molecule has 4 heteroatoms. The number of aryl methyl sites for hydroxylation is 2. The largest absolute Gasteiger partial charge is 0.362 e. The standard InChI is InChI=1S/C12H20ClN3/c1-5-12(6-2,8-13)16-11-10(4)14-7-9(3)15-11/h7H,5-6,8H2,1-4H3,(H,15,16). The van der Waals surface area contributed by atoms with Crippen molar-refractivity contribution in [3.63, 3.8) is 0 Å². The number of halogens is 1. The maximum atomic E-state index is 6.06. The molecule has 3 nitrogen and oxygen atoms in total. The molecule has 1 aromatic rings. The predicted molar refractivity (Wildman–Crippen MR) is 69.2 cm³/mol. The van der Waals surface area contributed by atoms with E-state index in [9.17, 15) is 0 Å². The number of anilines is 1. The van der Waals surface area contributed by atoms with E-state index in [1.54, 1.807) is 6.20 Å². The minimum absolute atomic E-state index is 0.0746. The summed E-state index contributed by atoms with van der Waals surface area (Å²) in [5, 5.41) is 3.45. The third kappa shape index (κ3) is 2.85. The highest BCUT2D eigenvalue weighted by atomic mass is 35.5. The SMILES string of the molecule is CCC(CC)(CCl)Nc1nc(C)cnc1C. The summed E-state index contributed by atoms with van der Waals surface area (Å²) in [6, 6.07) is 0. The molecule has 16 heavy (non-hydrogen) atoms. The Bertz CT molecular complexity index is 340. The smallest absolute Gasteiger partial charge is 0.148 e. The van der Waals surface area contributed by atoms with Crippen molar-refractivity contribution in [2.45, 2.75) is 46.1 Å². The molecule has 1 N–H and O–H groups in total. The first-order valence-corrected chi connectivity index (χ1v) is 6.24. The van der Waals surface area contributed by atoms with Crippen LogP contribution in [0.4, 0.5) is 5.82 Å². The van der Waals surface area contributed by atoms with Crippen molar-refractivity contribution < 1.29 is 0 Å². The zero-order valence-electron chi connectivity index (χ0n) is 10.5. The Balaban J connectivity index is 2.97. The maximum Gasteiger partial charge on any atom is 0.148 e. The molecule has 0 bridgehead atoms. The molecule has 0 aliphatic carbocycles. The fraction of sp³-hybridized carbons (Fsp3) is 0.667. The highest BCUT2D eigenvalue weighted by molar-refractivity contribution is 6.18. The summed E-state index contributed by atoms with van der Waals surface area (Å²) in [6.45, 7) is 8.17. The van der Waals surface area contributed by atoms with E-state index in [1.165, 1.54) is 0 Å². The van der Waals surface area contributed by atoms with Crippen LogP contribution in [0.2, 0.25) is 0 Å². The summed E-state index contributed by atoms with van der Waals surface area (Å²) in [5.74, 6) is 1.43. The van der Waals surface area contributed by atoms with Crippen LogP contribution in [-0.4, -0.2) is 21.4 Å². The van der Waals surface area contributed by atoms with Crippen LogP contribution >= 0.6 is 11.6 Å². The summed E-state index contributed by atoms with van der Waals surface area (Å²) in [7, 11) is 0. The van der Waals surface area contributed by atoms with E-state index < -0.39 is 0 Å². The minimum Gasteiger partial charge on any atom is -0.362 e. The molecule has 1 rings (SSSR count). The topological polar surface area (TPSA) is 37.8 Å². The Labute approximate surface area is 103 Å². The lowest BCUT2D eigenvalue weighted by molar-refractivity contribution is 0.481. The molecule has 0 fully saturated rings. The van der Waals surface area contributed by atoms with E-state index in [-0.39, 0.29) is 5.54 Å². The Hall–Kier alpha value is -0.830. The molecule has 0 aliphatic rings. The predicted octanol–water partition coefficient (Wildman–Crippen LogP) is 3.30. The van der Waals surface area contributed by atoms with Crippen molar-refractivity contribution in [2.24, 2.45) is 0 Å². The molecule has 0 saturated heterocycles. The van der Waals surface area contributed by atoms with Crippen LogP contribution in [0.3, 0.4) is 0 Å². The van der Waals surface area contributed by atoms with Crippen LogP contribution in [0, 0.1) is 13.8 Å². The lowest BCUT2D eigenvalue weighted by Crippen LogP contribution is -2.39. The van der Waals surface area contributed by atoms with Crippen LogP contribution in [-0.2, 0) is 0 Å². The Morgan fingerprint density at radius 1 is 1.31 bits per heavy atom. The van der Waals surface area contributed by atoms with Crippen LogP contribution in [0.5, 0.6) is 0 Å². The molecular formula is C12H20ClN3. The zero-order valence-corrected chi connectivity index (χ0v) is 11.2. The quantitative estimate of drug-likeness (QED) is 0.804. The van der Waals surface area contributed by atoms with E-state index in [0.29, 0.717) is 5.88 Å². The Morgan fingerprint density at radius 2 is 1.94 bits per heavy atom. The van der Waals surface area contributed by atoms with Gasteiger partial charge in [-0.15, -0.1) is 11.6 Å². The van der Waals surface area contributed by atoms with Gasteiger partial charge in [0.05, 0.1) is 16.9 Å². The molecule has 0 unspecified atom stereocenters. The van der Waals surface area contributed by atoms with E-state index in [2.05, 4.69) is 29.1 Å². The summed E-state index contributed by atoms with van der Waals surface area (Å²) >= 11 is 6.06. The van der Waals surface area contributed by atoms with Gasteiger partial charge < -0.3 is 5.32 Å². The first kappa shape index (κ1) is 13.2. The zero-order chi connectivity index (χ0) is 12.2. The van der Waals surface area contributed by atoms with Crippen LogP contribution in [0.25, 0.3) is 0 Å². The van der Waals surface area contributed by atoms with Crippen LogP contribution in [0.1, 0.15) is 38.1 Å². The molecule has 1 heterocycles.